The molecule has 1 aliphatic rings. The summed E-state index contributed by atoms with van der Waals surface area (Å²) in [5, 5.41) is 0. The number of carbonyl (C=O) groups is 1. The molecule has 0 aliphatic carbocycles. The zero-order valence-corrected chi connectivity index (χ0v) is 16.2. The molecule has 5 nitrogen and oxygen atoms in total. The van der Waals surface area contributed by atoms with Crippen LogP contribution in [0.3, 0.4) is 0 Å². The van der Waals surface area contributed by atoms with Gasteiger partial charge in [0.05, 0.1) is 12.7 Å². The summed E-state index contributed by atoms with van der Waals surface area (Å²) in [6, 6.07) is 2.12. The molecule has 1 fully saturated rings. The molecule has 1 heterocycles. The van der Waals surface area contributed by atoms with Gasteiger partial charge in [-0.05, 0) is 24.1 Å². The lowest BCUT2D eigenvalue weighted by Crippen LogP contribution is -2.50. The van der Waals surface area contributed by atoms with Crippen LogP contribution in [0.25, 0.3) is 6.08 Å². The van der Waals surface area contributed by atoms with Crippen molar-refractivity contribution in [1.82, 2.24) is 4.31 Å². The van der Waals surface area contributed by atoms with Crippen LogP contribution in [-0.4, -0.2) is 37.4 Å². The minimum atomic E-state index is -6.09. The van der Waals surface area contributed by atoms with Gasteiger partial charge in [-0.15, -0.1) is 0 Å². The normalized spacial score (nSPS) is 21.5. The minimum Gasteiger partial charge on any atom is -0.467 e. The van der Waals surface area contributed by atoms with Crippen LogP contribution >= 0.6 is 0 Å². The SMILES string of the molecule is COC(=O)[C@H]1N(S(=O)(=O)C(F)(F)F)/C(=C/c2ccccc2C(F)(F)F)CC1(C)C. The molecule has 0 amide bonds. The Hall–Kier alpha value is -2.24. The van der Waals surface area contributed by atoms with Crippen LogP contribution in [-0.2, 0) is 25.7 Å². The number of methoxy groups -OCH3 is 1. The van der Waals surface area contributed by atoms with Crippen molar-refractivity contribution in [1.29, 1.82) is 0 Å². The maximum absolute atomic E-state index is 13.3. The molecule has 162 valence electrons. The van der Waals surface area contributed by atoms with Crippen LogP contribution in [0.15, 0.2) is 30.0 Å². The third-order valence-electron chi connectivity index (χ3n) is 4.46. The minimum absolute atomic E-state index is 0.175. The summed E-state index contributed by atoms with van der Waals surface area (Å²) >= 11 is 0. The van der Waals surface area contributed by atoms with Gasteiger partial charge in [0.2, 0.25) is 0 Å². The van der Waals surface area contributed by atoms with Gasteiger partial charge in [-0.25, -0.2) is 4.79 Å². The Morgan fingerprint density at radius 1 is 1.17 bits per heavy atom. The van der Waals surface area contributed by atoms with Crippen LogP contribution in [0.2, 0.25) is 0 Å². The van der Waals surface area contributed by atoms with E-state index >= 15 is 0 Å². The summed E-state index contributed by atoms with van der Waals surface area (Å²) in [4.78, 5) is 12.1. The van der Waals surface area contributed by atoms with E-state index in [2.05, 4.69) is 4.74 Å². The zero-order chi connectivity index (χ0) is 22.4. The van der Waals surface area contributed by atoms with Crippen LogP contribution in [0, 0.1) is 5.41 Å². The lowest BCUT2D eigenvalue weighted by molar-refractivity contribution is -0.147. The predicted octanol–water partition coefficient (Wildman–Crippen LogP) is 4.17. The first kappa shape index (κ1) is 23.0. The van der Waals surface area contributed by atoms with E-state index in [1.54, 1.807) is 0 Å². The van der Waals surface area contributed by atoms with E-state index in [0.717, 1.165) is 19.2 Å². The summed E-state index contributed by atoms with van der Waals surface area (Å²) in [5.74, 6) is -1.25. The van der Waals surface area contributed by atoms with Crippen LogP contribution in [0.1, 0.15) is 31.4 Å². The van der Waals surface area contributed by atoms with Crippen molar-refractivity contribution in [3.05, 3.63) is 41.1 Å². The summed E-state index contributed by atoms with van der Waals surface area (Å²) in [7, 11) is -5.21. The number of halogens is 6. The first-order chi connectivity index (χ1) is 13.0. The number of ether oxygens (including phenoxy) is 1. The van der Waals surface area contributed by atoms with E-state index in [1.807, 2.05) is 0 Å². The molecule has 29 heavy (non-hydrogen) atoms. The monoisotopic (exact) mass is 445 g/mol. The Bertz CT molecular complexity index is 934. The lowest BCUT2D eigenvalue weighted by atomic mass is 9.84. The van der Waals surface area contributed by atoms with Gasteiger partial charge >= 0.3 is 27.7 Å². The fourth-order valence-electron chi connectivity index (χ4n) is 3.23. The third-order valence-corrected chi connectivity index (χ3v) is 6.01. The molecule has 0 saturated carbocycles. The van der Waals surface area contributed by atoms with Crippen molar-refractivity contribution in [3.63, 3.8) is 0 Å². The summed E-state index contributed by atoms with van der Waals surface area (Å²) in [6.07, 6.45) is -4.53. The fourth-order valence-corrected chi connectivity index (χ4v) is 4.53. The third kappa shape index (κ3) is 4.21. The standard InChI is InChI=1S/C17H17F6NO4S/c1-15(2)9-11(8-10-6-4-5-7-12(10)16(18,19)20)24(13(15)14(25)28-3)29(26,27)17(21,22)23/h4-8,13H,9H2,1-3H3/b11-8+/t13-/m1/s1. The molecule has 1 atom stereocenters. The van der Waals surface area contributed by atoms with E-state index < -0.39 is 62.4 Å². The fraction of sp³-hybridized carbons (Fsp3) is 0.471. The Balaban J connectivity index is 2.77. The van der Waals surface area contributed by atoms with Crippen molar-refractivity contribution < 1.29 is 44.3 Å². The number of hydrogen-bond acceptors (Lipinski definition) is 4. The highest BCUT2D eigenvalue weighted by Crippen LogP contribution is 2.48. The Kier molecular flexibility index (Phi) is 5.74. The van der Waals surface area contributed by atoms with Crippen LogP contribution < -0.4 is 0 Å². The number of nitrogens with zero attached hydrogens (tertiary/aromatic N) is 1. The van der Waals surface area contributed by atoms with E-state index in [-0.39, 0.29) is 4.31 Å². The van der Waals surface area contributed by atoms with E-state index in [1.165, 1.54) is 19.9 Å². The molecule has 1 saturated heterocycles. The van der Waals surface area contributed by atoms with Gasteiger partial charge in [-0.2, -0.15) is 34.8 Å². The second-order valence-electron chi connectivity index (χ2n) is 7.06. The first-order valence-corrected chi connectivity index (χ1v) is 9.53. The van der Waals surface area contributed by atoms with Crippen LogP contribution in [0.5, 0.6) is 0 Å². The number of rotatable bonds is 3. The molecule has 0 aromatic heterocycles. The number of esters is 1. The van der Waals surface area contributed by atoms with E-state index in [4.69, 9.17) is 0 Å². The summed E-state index contributed by atoms with van der Waals surface area (Å²) in [6.45, 7) is 2.65. The maximum atomic E-state index is 13.3. The van der Waals surface area contributed by atoms with E-state index in [9.17, 15) is 39.6 Å². The Morgan fingerprint density at radius 3 is 2.21 bits per heavy atom. The van der Waals surface area contributed by atoms with Crippen LogP contribution in [0.4, 0.5) is 26.3 Å². The topological polar surface area (TPSA) is 63.7 Å². The molecule has 2 rings (SSSR count). The number of benzene rings is 1. The van der Waals surface area contributed by atoms with Crippen molar-refractivity contribution >= 4 is 22.1 Å². The number of hydrogen-bond donors (Lipinski definition) is 0. The van der Waals surface area contributed by atoms with Gasteiger partial charge in [0.1, 0.15) is 6.04 Å². The van der Waals surface area contributed by atoms with Crippen molar-refractivity contribution in [2.45, 2.75) is 38.0 Å². The molecule has 0 spiro atoms. The van der Waals surface area contributed by atoms with Gasteiger partial charge in [0.25, 0.3) is 0 Å². The highest BCUT2D eigenvalue weighted by atomic mass is 32.2. The van der Waals surface area contributed by atoms with Crippen molar-refractivity contribution in [2.75, 3.05) is 7.11 Å². The molecule has 0 bridgehead atoms. The molecule has 0 radical (unpaired) electrons. The van der Waals surface area contributed by atoms with Crippen molar-refractivity contribution in [2.24, 2.45) is 5.41 Å². The predicted molar refractivity (Wildman–Crippen MR) is 90.4 cm³/mol. The molecule has 1 aromatic carbocycles. The highest BCUT2D eigenvalue weighted by molar-refractivity contribution is 7.90. The van der Waals surface area contributed by atoms with Gasteiger partial charge < -0.3 is 4.74 Å². The number of sulfonamides is 1. The molecular formula is C17H17F6NO4S. The Labute approximate surface area is 163 Å². The van der Waals surface area contributed by atoms with Gasteiger partial charge in [0.15, 0.2) is 0 Å². The number of allylic oxidation sites excluding steroid dienone is 1. The molecule has 1 aliphatic heterocycles. The lowest BCUT2D eigenvalue weighted by Gasteiger charge is -2.31. The Morgan fingerprint density at radius 2 is 1.72 bits per heavy atom. The summed E-state index contributed by atoms with van der Waals surface area (Å²) < 4.78 is 108. The molecular weight excluding hydrogens is 428 g/mol. The summed E-state index contributed by atoms with van der Waals surface area (Å²) in [5.41, 5.74) is -9.43. The molecule has 12 heteroatoms. The van der Waals surface area contributed by atoms with Gasteiger partial charge in [-0.1, -0.05) is 32.0 Å². The second-order valence-corrected chi connectivity index (χ2v) is 8.86. The highest BCUT2D eigenvalue weighted by Gasteiger charge is 2.60. The number of alkyl halides is 6. The van der Waals surface area contributed by atoms with Gasteiger partial charge in [0, 0.05) is 11.1 Å². The largest absolute Gasteiger partial charge is 0.516 e. The average Bonchev–Trinajstić information content (AvgIpc) is 2.83. The average molecular weight is 445 g/mol. The number of carbonyl (C=O) groups excluding carboxylic acids is 1. The quantitative estimate of drug-likeness (QED) is 0.518. The molecule has 0 N–H and O–H groups in total. The zero-order valence-electron chi connectivity index (χ0n) is 15.4. The first-order valence-electron chi connectivity index (χ1n) is 8.09. The molecule has 0 unspecified atom stereocenters. The molecule has 1 aromatic rings. The van der Waals surface area contributed by atoms with Gasteiger partial charge in [-0.3, -0.25) is 4.31 Å². The maximum Gasteiger partial charge on any atom is 0.516 e. The smallest absolute Gasteiger partial charge is 0.467 e. The second kappa shape index (κ2) is 7.22. The van der Waals surface area contributed by atoms with E-state index in [0.29, 0.717) is 12.1 Å². The van der Waals surface area contributed by atoms with Crippen molar-refractivity contribution in [3.8, 4) is 0 Å².